The summed E-state index contributed by atoms with van der Waals surface area (Å²) in [6.07, 6.45) is 4.60. The molecule has 1 heterocycles. The second-order valence-electron chi connectivity index (χ2n) is 7.49. The molecular weight excluding hydrogens is 418 g/mol. The fourth-order valence-electron chi connectivity index (χ4n) is 3.74. The van der Waals surface area contributed by atoms with Gasteiger partial charge in [-0.2, -0.15) is 0 Å². The second-order valence-corrected chi connectivity index (χ2v) is 8.35. The molecule has 146 valence electrons. The average Bonchev–Trinajstić information content (AvgIpc) is 3.54. The number of amides is 2. The number of anilines is 1. The molecule has 6 heteroatoms. The van der Waals surface area contributed by atoms with Crippen LogP contribution in [0.1, 0.15) is 46.4 Å². The van der Waals surface area contributed by atoms with E-state index in [0.29, 0.717) is 16.8 Å². The van der Waals surface area contributed by atoms with Crippen molar-refractivity contribution in [3.63, 3.8) is 0 Å². The number of hydrogen-bond acceptors (Lipinski definition) is 3. The zero-order valence-corrected chi connectivity index (χ0v) is 17.2. The third-order valence-corrected chi connectivity index (χ3v) is 6.16. The minimum Gasteiger partial charge on any atom is -0.349 e. The van der Waals surface area contributed by atoms with Crippen molar-refractivity contribution in [3.8, 4) is 0 Å². The molecule has 2 aromatic carbocycles. The first-order valence-electron chi connectivity index (χ1n) is 9.81. The Hall–Kier alpha value is -2.18. The number of rotatable bonds is 5. The Morgan fingerprint density at radius 3 is 2.18 bits per heavy atom. The molecule has 4 rings (SSSR count). The minimum atomic E-state index is -0.245. The van der Waals surface area contributed by atoms with Gasteiger partial charge in [0.1, 0.15) is 0 Å². The van der Waals surface area contributed by atoms with Crippen LogP contribution in [0.2, 0.25) is 0 Å². The van der Waals surface area contributed by atoms with Gasteiger partial charge in [-0.3, -0.25) is 9.59 Å². The van der Waals surface area contributed by atoms with Gasteiger partial charge in [0.05, 0.1) is 16.8 Å². The monoisotopic (exact) mass is 441 g/mol. The quantitative estimate of drug-likeness (QED) is 0.735. The van der Waals surface area contributed by atoms with Crippen LogP contribution in [0.3, 0.4) is 0 Å². The zero-order chi connectivity index (χ0) is 19.5. The first-order chi connectivity index (χ1) is 13.6. The summed E-state index contributed by atoms with van der Waals surface area (Å²) in [4.78, 5) is 28.0. The van der Waals surface area contributed by atoms with E-state index >= 15 is 0 Å². The molecule has 0 atom stereocenters. The standard InChI is InChI=1S/C22H24BrN3O2/c23-19-7-3-1-5-17(19)21(27)25-20-8-4-2-6-18(20)22(28)24-15-11-13-26(14-12-15)16-9-10-16/h1-8,15-16H,9-14H2,(H,24,28)(H,25,27). The Morgan fingerprint density at radius 2 is 1.50 bits per heavy atom. The molecule has 28 heavy (non-hydrogen) atoms. The molecule has 0 bridgehead atoms. The van der Waals surface area contributed by atoms with E-state index in [-0.39, 0.29) is 17.9 Å². The van der Waals surface area contributed by atoms with E-state index in [2.05, 4.69) is 31.5 Å². The maximum atomic E-state index is 12.9. The van der Waals surface area contributed by atoms with Gasteiger partial charge in [0.15, 0.2) is 0 Å². The van der Waals surface area contributed by atoms with Crippen molar-refractivity contribution in [2.45, 2.75) is 37.8 Å². The predicted octanol–water partition coefficient (Wildman–Crippen LogP) is 4.06. The largest absolute Gasteiger partial charge is 0.349 e. The highest BCUT2D eigenvalue weighted by Gasteiger charge is 2.32. The summed E-state index contributed by atoms with van der Waals surface area (Å²) in [7, 11) is 0. The van der Waals surface area contributed by atoms with Crippen LogP contribution in [0.4, 0.5) is 5.69 Å². The fraction of sp³-hybridized carbons (Fsp3) is 0.364. The van der Waals surface area contributed by atoms with Gasteiger partial charge in [0.25, 0.3) is 11.8 Å². The normalized spacial score (nSPS) is 17.9. The van der Waals surface area contributed by atoms with Gasteiger partial charge < -0.3 is 15.5 Å². The molecule has 5 nitrogen and oxygen atoms in total. The third-order valence-electron chi connectivity index (χ3n) is 5.47. The second kappa shape index (κ2) is 8.45. The van der Waals surface area contributed by atoms with Crippen LogP contribution in [0.15, 0.2) is 53.0 Å². The van der Waals surface area contributed by atoms with Gasteiger partial charge in [-0.25, -0.2) is 0 Å². The topological polar surface area (TPSA) is 61.4 Å². The summed E-state index contributed by atoms with van der Waals surface area (Å²) < 4.78 is 0.719. The van der Waals surface area contributed by atoms with Crippen LogP contribution in [-0.2, 0) is 0 Å². The fourth-order valence-corrected chi connectivity index (χ4v) is 4.20. The third kappa shape index (κ3) is 4.45. The average molecular weight is 442 g/mol. The van der Waals surface area contributed by atoms with Crippen molar-refractivity contribution >= 4 is 33.4 Å². The highest BCUT2D eigenvalue weighted by atomic mass is 79.9. The molecule has 2 aliphatic rings. The number of benzene rings is 2. The van der Waals surface area contributed by atoms with Crippen molar-refractivity contribution in [3.05, 3.63) is 64.1 Å². The number of nitrogens with zero attached hydrogens (tertiary/aromatic N) is 1. The van der Waals surface area contributed by atoms with Gasteiger partial charge in [-0.05, 0) is 65.9 Å². The molecule has 2 N–H and O–H groups in total. The molecule has 1 saturated heterocycles. The summed E-state index contributed by atoms with van der Waals surface area (Å²) in [5, 5.41) is 6.03. The lowest BCUT2D eigenvalue weighted by molar-refractivity contribution is 0.0910. The molecular formula is C22H24BrN3O2. The summed E-state index contributed by atoms with van der Waals surface area (Å²) in [6.45, 7) is 2.10. The predicted molar refractivity (Wildman–Crippen MR) is 114 cm³/mol. The first-order valence-corrected chi connectivity index (χ1v) is 10.6. The molecule has 2 fully saturated rings. The van der Waals surface area contributed by atoms with Crippen LogP contribution >= 0.6 is 15.9 Å². The number of nitrogens with one attached hydrogen (secondary N) is 2. The van der Waals surface area contributed by atoms with Gasteiger partial charge in [0, 0.05) is 29.6 Å². The van der Waals surface area contributed by atoms with Crippen LogP contribution in [-0.4, -0.2) is 41.9 Å². The van der Waals surface area contributed by atoms with Gasteiger partial charge in [0.2, 0.25) is 0 Å². The number of piperidine rings is 1. The van der Waals surface area contributed by atoms with Crippen LogP contribution < -0.4 is 10.6 Å². The van der Waals surface area contributed by atoms with Gasteiger partial charge in [-0.1, -0.05) is 24.3 Å². The van der Waals surface area contributed by atoms with E-state index in [1.54, 1.807) is 18.2 Å². The molecule has 0 unspecified atom stereocenters. The molecule has 1 saturated carbocycles. The maximum Gasteiger partial charge on any atom is 0.256 e. The summed E-state index contributed by atoms with van der Waals surface area (Å²) in [6, 6.07) is 15.4. The smallest absolute Gasteiger partial charge is 0.256 e. The van der Waals surface area contributed by atoms with Crippen LogP contribution in [0.25, 0.3) is 0 Å². The van der Waals surface area contributed by atoms with Crippen LogP contribution in [0, 0.1) is 0 Å². The highest BCUT2D eigenvalue weighted by Crippen LogP contribution is 2.29. The highest BCUT2D eigenvalue weighted by molar-refractivity contribution is 9.10. The maximum absolute atomic E-state index is 12.9. The molecule has 2 amide bonds. The molecule has 0 aromatic heterocycles. The number of para-hydroxylation sites is 1. The SMILES string of the molecule is O=C(Nc1ccccc1C(=O)NC1CCN(C2CC2)CC1)c1ccccc1Br. The van der Waals surface area contributed by atoms with E-state index in [1.807, 2.05) is 30.3 Å². The van der Waals surface area contributed by atoms with E-state index in [4.69, 9.17) is 0 Å². The molecule has 0 spiro atoms. The van der Waals surface area contributed by atoms with Crippen LogP contribution in [0.5, 0.6) is 0 Å². The Balaban J connectivity index is 1.41. The number of likely N-dealkylation sites (tertiary alicyclic amines) is 1. The number of halogens is 1. The van der Waals surface area contributed by atoms with Crippen molar-refractivity contribution in [1.29, 1.82) is 0 Å². The molecule has 2 aromatic rings. The van der Waals surface area contributed by atoms with E-state index in [0.717, 1.165) is 36.4 Å². The lowest BCUT2D eigenvalue weighted by Crippen LogP contribution is -2.45. The van der Waals surface area contributed by atoms with Gasteiger partial charge in [-0.15, -0.1) is 0 Å². The minimum absolute atomic E-state index is 0.132. The zero-order valence-electron chi connectivity index (χ0n) is 15.7. The summed E-state index contributed by atoms with van der Waals surface area (Å²) in [5.41, 5.74) is 1.55. The summed E-state index contributed by atoms with van der Waals surface area (Å²) >= 11 is 3.40. The summed E-state index contributed by atoms with van der Waals surface area (Å²) in [5.74, 6) is -0.377. The molecule has 1 aliphatic heterocycles. The number of carbonyl (C=O) groups is 2. The Kier molecular flexibility index (Phi) is 5.78. The van der Waals surface area contributed by atoms with Crippen molar-refractivity contribution in [2.75, 3.05) is 18.4 Å². The Morgan fingerprint density at radius 1 is 0.857 bits per heavy atom. The molecule has 0 radical (unpaired) electrons. The molecule has 1 aliphatic carbocycles. The van der Waals surface area contributed by atoms with E-state index in [1.165, 1.54) is 12.8 Å². The lowest BCUT2D eigenvalue weighted by atomic mass is 10.0. The number of hydrogen-bond donors (Lipinski definition) is 2. The number of carbonyl (C=O) groups excluding carboxylic acids is 2. The van der Waals surface area contributed by atoms with E-state index in [9.17, 15) is 9.59 Å². The van der Waals surface area contributed by atoms with Gasteiger partial charge >= 0.3 is 0 Å². The van der Waals surface area contributed by atoms with E-state index < -0.39 is 0 Å². The Bertz CT molecular complexity index is 874. The first kappa shape index (κ1) is 19.2. The van der Waals surface area contributed by atoms with Crippen molar-refractivity contribution < 1.29 is 9.59 Å². The van der Waals surface area contributed by atoms with Crippen molar-refractivity contribution in [2.24, 2.45) is 0 Å². The Labute approximate surface area is 173 Å². The lowest BCUT2D eigenvalue weighted by Gasteiger charge is -2.32. The van der Waals surface area contributed by atoms with Crippen molar-refractivity contribution in [1.82, 2.24) is 10.2 Å².